The maximum Gasteiger partial charge on any atom is 0.408 e. The number of nitrogens with zero attached hydrogens (tertiary/aromatic N) is 5. The molecular formula is C50H61N9O5. The van der Waals surface area contributed by atoms with E-state index in [2.05, 4.69) is 95.1 Å². The van der Waals surface area contributed by atoms with Crippen LogP contribution in [0.2, 0.25) is 0 Å². The predicted octanol–water partition coefficient (Wildman–Crippen LogP) is 6.04. The standard InChI is InChI=1S/C50H61N9O5/c1-9-32-26-35-36(50(7,8)44-42(43(35)61)34-18-17-31(28-51)25-38(34)54-44)27-39(32)58-21-23-59(24-22-58)41(60)16-12-20-57-29-40(49(5,6)30-57)56-46(62)37(55-47(63)64-48(2,3)4)15-10-13-33-14-11-19-53-45(33)52/h11,14,17-19,25-27,37,40,54H,9,12,15-16,20-24,29-30H2,1-8H3,(H2,52,53)(H,55,63)(H,56,62)/t37-,40-/m0/s1. The van der Waals surface area contributed by atoms with Crippen molar-refractivity contribution in [2.24, 2.45) is 5.41 Å². The van der Waals surface area contributed by atoms with Crippen LogP contribution in [0.25, 0.3) is 10.9 Å². The molecule has 2 saturated heterocycles. The van der Waals surface area contributed by atoms with Crippen LogP contribution in [0.15, 0.2) is 48.7 Å². The number of anilines is 2. The lowest BCUT2D eigenvalue weighted by Crippen LogP contribution is -2.53. The summed E-state index contributed by atoms with van der Waals surface area (Å²) in [6.45, 7) is 20.6. The van der Waals surface area contributed by atoms with Crippen molar-refractivity contribution in [3.63, 3.8) is 0 Å². The van der Waals surface area contributed by atoms with Gasteiger partial charge in [-0.2, -0.15) is 5.26 Å². The van der Waals surface area contributed by atoms with E-state index in [0.717, 1.165) is 51.9 Å². The minimum atomic E-state index is -0.964. The summed E-state index contributed by atoms with van der Waals surface area (Å²) in [6.07, 6.45) is 2.79. The zero-order chi connectivity index (χ0) is 46.1. The van der Waals surface area contributed by atoms with Gasteiger partial charge in [0.15, 0.2) is 5.78 Å². The molecule has 5 N–H and O–H groups in total. The minimum absolute atomic E-state index is 0.00119. The number of likely N-dealkylation sites (tertiary alicyclic amines) is 1. The first-order valence-corrected chi connectivity index (χ1v) is 22.3. The first kappa shape index (κ1) is 45.6. The number of alkyl carbamates (subject to hydrolysis) is 1. The monoisotopic (exact) mass is 867 g/mol. The largest absolute Gasteiger partial charge is 0.444 e. The fourth-order valence-corrected chi connectivity index (χ4v) is 9.34. The van der Waals surface area contributed by atoms with E-state index in [-0.39, 0.29) is 41.3 Å². The molecule has 0 radical (unpaired) electrons. The summed E-state index contributed by atoms with van der Waals surface area (Å²) in [5.74, 6) is 6.01. The third kappa shape index (κ3) is 9.58. The molecular weight excluding hydrogens is 807 g/mol. The minimum Gasteiger partial charge on any atom is -0.444 e. The number of hydrogen-bond donors (Lipinski definition) is 4. The highest BCUT2D eigenvalue weighted by Crippen LogP contribution is 2.46. The first-order chi connectivity index (χ1) is 30.3. The number of benzene rings is 2. The molecule has 7 rings (SSSR count). The molecule has 2 fully saturated rings. The van der Waals surface area contributed by atoms with Crippen LogP contribution in [0.5, 0.6) is 0 Å². The number of piperazine rings is 1. The number of rotatable bonds is 10. The molecule has 2 aromatic heterocycles. The average Bonchev–Trinajstić information content (AvgIpc) is 3.78. The van der Waals surface area contributed by atoms with E-state index < -0.39 is 23.2 Å². The van der Waals surface area contributed by atoms with Crippen LogP contribution in [0.4, 0.5) is 16.3 Å². The Balaban J connectivity index is 0.934. The van der Waals surface area contributed by atoms with Crippen molar-refractivity contribution in [3.05, 3.63) is 87.7 Å². The fourth-order valence-electron chi connectivity index (χ4n) is 9.34. The van der Waals surface area contributed by atoms with Crippen molar-refractivity contribution in [1.82, 2.24) is 30.4 Å². The number of pyridine rings is 1. The maximum atomic E-state index is 14.1. The number of ether oxygens (including phenoxy) is 1. The zero-order valence-corrected chi connectivity index (χ0v) is 38.4. The van der Waals surface area contributed by atoms with Crippen LogP contribution >= 0.6 is 0 Å². The predicted molar refractivity (Wildman–Crippen MR) is 248 cm³/mol. The molecule has 0 unspecified atom stereocenters. The summed E-state index contributed by atoms with van der Waals surface area (Å²) < 4.78 is 5.46. The van der Waals surface area contributed by atoms with Crippen LogP contribution in [-0.4, -0.2) is 107 Å². The van der Waals surface area contributed by atoms with Gasteiger partial charge in [-0.1, -0.05) is 52.5 Å². The molecule has 0 saturated carbocycles. The Kier molecular flexibility index (Phi) is 12.8. The highest BCUT2D eigenvalue weighted by atomic mass is 16.6. The van der Waals surface area contributed by atoms with E-state index in [1.54, 1.807) is 45.2 Å². The van der Waals surface area contributed by atoms with Crippen LogP contribution in [0, 0.1) is 28.6 Å². The van der Waals surface area contributed by atoms with Crippen molar-refractivity contribution >= 4 is 46.1 Å². The number of nitrogens with two attached hydrogens (primary N) is 1. The molecule has 0 bridgehead atoms. The second-order valence-corrected chi connectivity index (χ2v) is 19.5. The number of nitriles is 1. The third-order valence-corrected chi connectivity index (χ3v) is 12.8. The number of carbonyl (C=O) groups is 4. The number of nitrogen functional groups attached to an aromatic ring is 1. The lowest BCUT2D eigenvalue weighted by Gasteiger charge is -2.39. The van der Waals surface area contributed by atoms with Gasteiger partial charge >= 0.3 is 6.09 Å². The Hall–Kier alpha value is -6.38. The smallest absolute Gasteiger partial charge is 0.408 e. The Morgan fingerprint density at radius 2 is 1.83 bits per heavy atom. The summed E-state index contributed by atoms with van der Waals surface area (Å²) in [5, 5.41) is 16.2. The second kappa shape index (κ2) is 18.0. The number of amides is 3. The molecule has 14 heteroatoms. The van der Waals surface area contributed by atoms with Gasteiger partial charge in [-0.25, -0.2) is 9.78 Å². The molecule has 14 nitrogen and oxygen atoms in total. The van der Waals surface area contributed by atoms with Crippen LogP contribution in [0.3, 0.4) is 0 Å². The fraction of sp³-hybridized carbons (Fsp3) is 0.480. The number of aryl methyl sites for hydroxylation is 1. The van der Waals surface area contributed by atoms with Gasteiger partial charge in [0.25, 0.3) is 0 Å². The second-order valence-electron chi connectivity index (χ2n) is 19.5. The Labute approximate surface area is 376 Å². The number of ketones is 1. The van der Waals surface area contributed by atoms with Crippen LogP contribution in [0.1, 0.15) is 119 Å². The molecule has 2 aromatic carbocycles. The zero-order valence-electron chi connectivity index (χ0n) is 38.4. The molecule has 4 heterocycles. The normalized spacial score (nSPS) is 18.3. The number of aromatic nitrogens is 2. The Morgan fingerprint density at radius 3 is 2.52 bits per heavy atom. The topological polar surface area (TPSA) is 190 Å². The number of fused-ring (bicyclic) bond motifs is 4. The molecule has 3 amide bonds. The van der Waals surface area contributed by atoms with Crippen LogP contribution in [-0.2, 0) is 26.2 Å². The van der Waals surface area contributed by atoms with Gasteiger partial charge in [-0.15, -0.1) is 0 Å². The van der Waals surface area contributed by atoms with Crippen molar-refractivity contribution < 1.29 is 23.9 Å². The quantitative estimate of drug-likeness (QED) is 0.137. The number of carbonyl (C=O) groups excluding carboxylic acids is 4. The third-order valence-electron chi connectivity index (χ3n) is 12.8. The number of hydrogen-bond acceptors (Lipinski definition) is 10. The van der Waals surface area contributed by atoms with Crippen molar-refractivity contribution in [2.45, 2.75) is 104 Å². The summed E-state index contributed by atoms with van der Waals surface area (Å²) in [7, 11) is 0. The summed E-state index contributed by atoms with van der Waals surface area (Å²) in [5.41, 5.74) is 11.8. The van der Waals surface area contributed by atoms with Gasteiger partial charge in [-0.05, 0) is 93.1 Å². The van der Waals surface area contributed by atoms with E-state index in [1.807, 2.05) is 17.0 Å². The van der Waals surface area contributed by atoms with E-state index in [9.17, 15) is 24.4 Å². The summed E-state index contributed by atoms with van der Waals surface area (Å²) >= 11 is 0. The molecule has 3 aliphatic rings. The Bertz CT molecular complexity index is 2580. The van der Waals surface area contributed by atoms with E-state index in [0.29, 0.717) is 68.8 Å². The van der Waals surface area contributed by atoms with Gasteiger partial charge in [0.05, 0.1) is 22.8 Å². The summed E-state index contributed by atoms with van der Waals surface area (Å²) in [4.78, 5) is 68.4. The summed E-state index contributed by atoms with van der Waals surface area (Å²) in [6, 6.07) is 14.2. The molecule has 2 atom stereocenters. The SMILES string of the molecule is CCc1cc2c(cc1N1CCN(C(=O)CCCN3C[C@H](NC(=O)[C@H](CC#Cc4cccnc4N)NC(=O)OC(C)(C)C)C(C)(C)C3)CC1)C(C)(C)c1[nH]c3cc(C#N)ccc3c1C2=O. The highest BCUT2D eigenvalue weighted by molar-refractivity contribution is 6.20. The van der Waals surface area contributed by atoms with Crippen molar-refractivity contribution in [2.75, 3.05) is 56.4 Å². The average molecular weight is 868 g/mol. The molecule has 1 aliphatic carbocycles. The molecule has 2 aliphatic heterocycles. The Morgan fingerprint density at radius 1 is 1.08 bits per heavy atom. The van der Waals surface area contributed by atoms with Gasteiger partial charge < -0.3 is 40.8 Å². The number of aromatic amines is 1. The van der Waals surface area contributed by atoms with Gasteiger partial charge in [0.1, 0.15) is 17.5 Å². The number of H-pyrrole nitrogens is 1. The van der Waals surface area contributed by atoms with Crippen molar-refractivity contribution in [3.8, 4) is 17.9 Å². The van der Waals surface area contributed by atoms with Gasteiger partial charge in [0, 0.05) is 97.6 Å². The van der Waals surface area contributed by atoms with E-state index in [4.69, 9.17) is 10.5 Å². The highest BCUT2D eigenvalue weighted by Gasteiger charge is 2.42. The lowest BCUT2D eigenvalue weighted by molar-refractivity contribution is -0.131. The number of nitrogens with one attached hydrogen (secondary N) is 3. The van der Waals surface area contributed by atoms with Gasteiger partial charge in [0.2, 0.25) is 11.8 Å². The maximum absolute atomic E-state index is 14.1. The van der Waals surface area contributed by atoms with Crippen molar-refractivity contribution in [1.29, 1.82) is 5.26 Å². The molecule has 4 aromatic rings. The van der Waals surface area contributed by atoms with E-state index >= 15 is 0 Å². The lowest BCUT2D eigenvalue weighted by atomic mass is 9.70. The molecule has 336 valence electrons. The van der Waals surface area contributed by atoms with Crippen LogP contribution < -0.4 is 21.3 Å². The van der Waals surface area contributed by atoms with Gasteiger partial charge in [-0.3, -0.25) is 14.4 Å². The first-order valence-electron chi connectivity index (χ1n) is 22.3. The van der Waals surface area contributed by atoms with E-state index in [1.165, 1.54) is 0 Å². The molecule has 0 spiro atoms. The molecule has 64 heavy (non-hydrogen) atoms.